The Morgan fingerprint density at radius 3 is 2.63 bits per heavy atom. The van der Waals surface area contributed by atoms with Crippen molar-refractivity contribution < 1.29 is 9.50 Å². The first kappa shape index (κ1) is 14.4. The first-order valence-corrected chi connectivity index (χ1v) is 6.88. The van der Waals surface area contributed by atoms with E-state index in [1.807, 2.05) is 0 Å². The smallest absolute Gasteiger partial charge is 0.125 e. The van der Waals surface area contributed by atoms with E-state index >= 15 is 0 Å². The van der Waals surface area contributed by atoms with Gasteiger partial charge < -0.3 is 10.4 Å². The van der Waals surface area contributed by atoms with Crippen molar-refractivity contribution in [1.29, 1.82) is 0 Å². The molecule has 0 atom stereocenters. The van der Waals surface area contributed by atoms with Crippen molar-refractivity contribution in [3.05, 3.63) is 56.2 Å². The molecule has 19 heavy (non-hydrogen) atoms. The molecule has 0 radical (unpaired) electrons. The van der Waals surface area contributed by atoms with E-state index in [0.717, 1.165) is 0 Å². The summed E-state index contributed by atoms with van der Waals surface area (Å²) in [4.78, 5) is 0. The van der Waals surface area contributed by atoms with Gasteiger partial charge in [0.25, 0.3) is 0 Å². The predicted molar refractivity (Wildman–Crippen MR) is 79.6 cm³/mol. The predicted octanol–water partition coefficient (Wildman–Crippen LogP) is 5.21. The molecule has 0 heterocycles. The molecule has 0 aromatic heterocycles. The number of rotatable bonds is 3. The maximum Gasteiger partial charge on any atom is 0.125 e. The van der Waals surface area contributed by atoms with E-state index in [-0.39, 0.29) is 10.8 Å². The van der Waals surface area contributed by atoms with Crippen LogP contribution in [0.25, 0.3) is 0 Å². The van der Waals surface area contributed by atoms with Gasteiger partial charge in [-0.3, -0.25) is 0 Å². The number of hydrogen-bond acceptors (Lipinski definition) is 2. The van der Waals surface area contributed by atoms with Crippen LogP contribution in [0.15, 0.2) is 34.8 Å². The summed E-state index contributed by atoms with van der Waals surface area (Å²) in [6.45, 7) is 0.316. The lowest BCUT2D eigenvalue weighted by Crippen LogP contribution is -2.01. The lowest BCUT2D eigenvalue weighted by atomic mass is 10.2. The fraction of sp³-hybridized carbons (Fsp3) is 0.0769. The van der Waals surface area contributed by atoms with Crippen LogP contribution in [0.4, 0.5) is 10.1 Å². The zero-order valence-electron chi connectivity index (χ0n) is 9.55. The molecule has 0 aliphatic rings. The summed E-state index contributed by atoms with van der Waals surface area (Å²) >= 11 is 15.0. The summed E-state index contributed by atoms with van der Waals surface area (Å²) in [5, 5.41) is 13.5. The fourth-order valence-corrected chi connectivity index (χ4v) is 2.74. The van der Waals surface area contributed by atoms with Gasteiger partial charge in [0.15, 0.2) is 0 Å². The van der Waals surface area contributed by atoms with Gasteiger partial charge in [0.2, 0.25) is 0 Å². The second-order valence-electron chi connectivity index (χ2n) is 3.87. The van der Waals surface area contributed by atoms with Crippen LogP contribution in [0.5, 0.6) is 5.75 Å². The Morgan fingerprint density at radius 2 is 1.95 bits per heavy atom. The number of hydrogen-bond donors (Lipinski definition) is 2. The van der Waals surface area contributed by atoms with Crippen LogP contribution in [0.3, 0.4) is 0 Å². The van der Waals surface area contributed by atoms with Gasteiger partial charge in [0.05, 0.1) is 10.7 Å². The molecular weight excluding hydrogens is 356 g/mol. The van der Waals surface area contributed by atoms with Gasteiger partial charge in [-0.1, -0.05) is 23.2 Å². The van der Waals surface area contributed by atoms with Gasteiger partial charge >= 0.3 is 0 Å². The summed E-state index contributed by atoms with van der Waals surface area (Å²) in [5.74, 6) is -0.292. The summed E-state index contributed by atoms with van der Waals surface area (Å²) in [6, 6.07) is 7.29. The highest BCUT2D eigenvalue weighted by Crippen LogP contribution is 2.32. The molecule has 100 valence electrons. The largest absolute Gasteiger partial charge is 0.508 e. The Labute approximate surface area is 128 Å². The van der Waals surface area contributed by atoms with Crippen LogP contribution < -0.4 is 5.32 Å². The molecule has 0 saturated heterocycles. The number of anilines is 1. The van der Waals surface area contributed by atoms with Crippen LogP contribution >= 0.6 is 39.1 Å². The molecule has 2 N–H and O–H groups in total. The van der Waals surface area contributed by atoms with Crippen molar-refractivity contribution in [2.24, 2.45) is 0 Å². The Kier molecular flexibility index (Phi) is 4.55. The maximum atomic E-state index is 13.1. The van der Waals surface area contributed by atoms with Crippen molar-refractivity contribution in [3.8, 4) is 5.75 Å². The molecule has 0 aliphatic heterocycles. The van der Waals surface area contributed by atoms with Gasteiger partial charge in [0, 0.05) is 21.6 Å². The standard InChI is InChI=1S/C13H9BrCl2FNO/c14-10-4-9(17)5-11(16)13(10)18-6-7-3-8(15)1-2-12(7)19/h1-5,18-19H,6H2. The van der Waals surface area contributed by atoms with Crippen LogP contribution in [0, 0.1) is 5.82 Å². The lowest BCUT2D eigenvalue weighted by molar-refractivity contribution is 0.469. The molecule has 0 bridgehead atoms. The summed E-state index contributed by atoms with van der Waals surface area (Å²) in [6.07, 6.45) is 0. The molecule has 0 amide bonds. The molecule has 0 unspecified atom stereocenters. The van der Waals surface area contributed by atoms with Gasteiger partial charge in [-0.15, -0.1) is 0 Å². The van der Waals surface area contributed by atoms with Gasteiger partial charge in [-0.2, -0.15) is 0 Å². The first-order chi connectivity index (χ1) is 8.97. The summed E-state index contributed by atoms with van der Waals surface area (Å²) in [7, 11) is 0. The van der Waals surface area contributed by atoms with E-state index in [1.165, 1.54) is 18.2 Å². The Morgan fingerprint density at radius 1 is 1.21 bits per heavy atom. The Bertz CT molecular complexity index is 599. The number of halogens is 4. The summed E-state index contributed by atoms with van der Waals surface area (Å²) < 4.78 is 13.6. The lowest BCUT2D eigenvalue weighted by Gasteiger charge is -2.12. The second-order valence-corrected chi connectivity index (χ2v) is 5.57. The van der Waals surface area contributed by atoms with Crippen LogP contribution in [-0.4, -0.2) is 5.11 Å². The molecule has 2 nitrogen and oxygen atoms in total. The third kappa shape index (κ3) is 3.53. The van der Waals surface area contributed by atoms with Gasteiger partial charge in [-0.25, -0.2) is 4.39 Å². The van der Waals surface area contributed by atoms with E-state index in [4.69, 9.17) is 23.2 Å². The first-order valence-electron chi connectivity index (χ1n) is 5.33. The van der Waals surface area contributed by atoms with E-state index < -0.39 is 5.82 Å². The van der Waals surface area contributed by atoms with E-state index in [1.54, 1.807) is 12.1 Å². The maximum absolute atomic E-state index is 13.1. The average molecular weight is 365 g/mol. The minimum atomic E-state index is -0.423. The van der Waals surface area contributed by atoms with Crippen molar-refractivity contribution in [2.45, 2.75) is 6.54 Å². The molecule has 6 heteroatoms. The monoisotopic (exact) mass is 363 g/mol. The third-order valence-electron chi connectivity index (χ3n) is 2.50. The van der Waals surface area contributed by atoms with E-state index in [2.05, 4.69) is 21.2 Å². The number of aromatic hydroxyl groups is 1. The Balaban J connectivity index is 2.21. The van der Waals surface area contributed by atoms with Gasteiger partial charge in [0.1, 0.15) is 11.6 Å². The van der Waals surface area contributed by atoms with E-state index in [0.29, 0.717) is 27.3 Å². The third-order valence-corrected chi connectivity index (χ3v) is 3.66. The molecule has 2 aromatic carbocycles. The molecule has 0 aliphatic carbocycles. The van der Waals surface area contributed by atoms with Crippen molar-refractivity contribution in [1.82, 2.24) is 0 Å². The molecule has 0 saturated carbocycles. The minimum Gasteiger partial charge on any atom is -0.508 e. The molecule has 2 aromatic rings. The SMILES string of the molecule is Oc1ccc(Cl)cc1CNc1c(Cl)cc(F)cc1Br. The van der Waals surface area contributed by atoms with Crippen LogP contribution in [0.1, 0.15) is 5.56 Å². The normalized spacial score (nSPS) is 10.5. The van der Waals surface area contributed by atoms with Crippen molar-refractivity contribution >= 4 is 44.8 Å². The number of nitrogens with one attached hydrogen (secondary N) is 1. The molecule has 0 spiro atoms. The topological polar surface area (TPSA) is 32.3 Å². The van der Waals surface area contributed by atoms with E-state index in [9.17, 15) is 9.50 Å². The molecule has 0 fully saturated rings. The average Bonchev–Trinajstić information content (AvgIpc) is 2.32. The zero-order valence-corrected chi connectivity index (χ0v) is 12.7. The minimum absolute atomic E-state index is 0.131. The fourth-order valence-electron chi connectivity index (χ4n) is 1.59. The van der Waals surface area contributed by atoms with Crippen LogP contribution in [-0.2, 0) is 6.54 Å². The van der Waals surface area contributed by atoms with Gasteiger partial charge in [-0.05, 0) is 46.3 Å². The zero-order chi connectivity index (χ0) is 14.0. The molecular formula is C13H9BrCl2FNO. The number of phenolic OH excluding ortho intramolecular Hbond substituents is 1. The number of phenols is 1. The van der Waals surface area contributed by atoms with Crippen molar-refractivity contribution in [3.63, 3.8) is 0 Å². The molecule has 2 rings (SSSR count). The highest BCUT2D eigenvalue weighted by Gasteiger charge is 2.09. The second kappa shape index (κ2) is 5.99. The summed E-state index contributed by atoms with van der Waals surface area (Å²) in [5.41, 5.74) is 1.18. The number of benzene rings is 2. The van der Waals surface area contributed by atoms with Crippen LogP contribution in [0.2, 0.25) is 10.0 Å². The quantitative estimate of drug-likeness (QED) is 0.783. The Hall–Kier alpha value is -0.970. The van der Waals surface area contributed by atoms with Crippen molar-refractivity contribution in [2.75, 3.05) is 5.32 Å². The highest BCUT2D eigenvalue weighted by molar-refractivity contribution is 9.10. The highest BCUT2D eigenvalue weighted by atomic mass is 79.9.